The molecule has 1 aromatic carbocycles. The third-order valence-electron chi connectivity index (χ3n) is 7.40. The number of hydrogen-bond donors (Lipinski definition) is 1. The van der Waals surface area contributed by atoms with Crippen molar-refractivity contribution in [2.45, 2.75) is 58.5 Å². The van der Waals surface area contributed by atoms with Crippen molar-refractivity contribution in [1.29, 1.82) is 5.26 Å². The van der Waals surface area contributed by atoms with Crippen LogP contribution in [0.15, 0.2) is 52.3 Å². The summed E-state index contributed by atoms with van der Waals surface area (Å²) < 4.78 is 10.0. The number of carbonyl (C=O) groups is 1. The number of aliphatic hydroxyl groups excluding tert-OH is 1. The van der Waals surface area contributed by atoms with Crippen molar-refractivity contribution in [2.75, 3.05) is 26.8 Å². The molecule has 0 bridgehead atoms. The number of ether oxygens (including phenoxy) is 1. The van der Waals surface area contributed by atoms with Crippen LogP contribution in [0.4, 0.5) is 0 Å². The lowest BCUT2D eigenvalue weighted by Crippen LogP contribution is -2.56. The Morgan fingerprint density at radius 2 is 1.90 bits per heavy atom. The average Bonchev–Trinajstić information content (AvgIpc) is 3.75. The number of aromatic nitrogens is 4. The molecule has 12 heteroatoms. The highest BCUT2D eigenvalue weighted by molar-refractivity contribution is 7.21. The first-order valence-corrected chi connectivity index (χ1v) is 14.7. The summed E-state index contributed by atoms with van der Waals surface area (Å²) >= 11 is 1.36. The van der Waals surface area contributed by atoms with E-state index < -0.39 is 16.8 Å². The number of rotatable bonds is 8. The van der Waals surface area contributed by atoms with Gasteiger partial charge in [-0.2, -0.15) is 10.4 Å². The molecule has 5 rings (SSSR count). The maximum Gasteiger partial charge on any atom is 0.333 e. The van der Waals surface area contributed by atoms with E-state index >= 15 is 0 Å². The maximum absolute atomic E-state index is 14.1. The Labute approximate surface area is 247 Å². The van der Waals surface area contributed by atoms with E-state index in [0.717, 1.165) is 39.3 Å². The molecule has 0 radical (unpaired) electrons. The lowest BCUT2D eigenvalue weighted by atomic mass is 10.0. The van der Waals surface area contributed by atoms with E-state index in [1.807, 2.05) is 43.5 Å². The molecule has 4 aromatic rings. The monoisotopic (exact) mass is 592 g/mol. The first-order chi connectivity index (χ1) is 20.2. The van der Waals surface area contributed by atoms with E-state index in [4.69, 9.17) is 15.1 Å². The minimum absolute atomic E-state index is 0.0174. The largest absolute Gasteiger partial charge is 0.496 e. The van der Waals surface area contributed by atoms with Crippen LogP contribution in [0.3, 0.4) is 0 Å². The van der Waals surface area contributed by atoms with Crippen LogP contribution in [0.2, 0.25) is 0 Å². The Kier molecular flexibility index (Phi) is 9.65. The highest BCUT2D eigenvalue weighted by Gasteiger charge is 2.39. The fraction of sp³-hybridized carbons (Fsp3) is 0.433. The molecular formula is C30H36N6O5S. The molecule has 1 aliphatic heterocycles. The molecular weight excluding hydrogens is 556 g/mol. The minimum atomic E-state index is -1.33. The van der Waals surface area contributed by atoms with Crippen molar-refractivity contribution in [1.82, 2.24) is 23.8 Å². The number of likely N-dealkylation sites (tertiary alicyclic amines) is 1. The van der Waals surface area contributed by atoms with Gasteiger partial charge in [-0.3, -0.25) is 14.2 Å². The van der Waals surface area contributed by atoms with Gasteiger partial charge in [-0.05, 0) is 57.7 Å². The number of nitrogens with zero attached hydrogens (tertiary/aromatic N) is 6. The molecule has 1 amide bonds. The van der Waals surface area contributed by atoms with Gasteiger partial charge >= 0.3 is 5.69 Å². The lowest BCUT2D eigenvalue weighted by Gasteiger charge is -2.31. The first-order valence-electron chi connectivity index (χ1n) is 13.9. The summed E-state index contributed by atoms with van der Waals surface area (Å²) in [5.74, 6) is 0.532. The minimum Gasteiger partial charge on any atom is -0.496 e. The van der Waals surface area contributed by atoms with Crippen LogP contribution in [0, 0.1) is 18.3 Å². The second-order valence-corrected chi connectivity index (χ2v) is 11.5. The molecule has 3 aromatic heterocycles. The molecule has 4 heterocycles. The van der Waals surface area contributed by atoms with Crippen LogP contribution in [0.1, 0.15) is 44.2 Å². The molecule has 0 spiro atoms. The molecule has 0 unspecified atom stereocenters. The normalized spacial score (nSPS) is 13.1. The number of carbonyl (C=O) groups excluding carboxylic acids is 1. The van der Waals surface area contributed by atoms with Crippen molar-refractivity contribution >= 4 is 27.5 Å². The number of aliphatic hydroxyl groups is 1. The quantitative estimate of drug-likeness (QED) is 0.332. The van der Waals surface area contributed by atoms with Crippen LogP contribution in [-0.2, 0) is 23.3 Å². The van der Waals surface area contributed by atoms with Gasteiger partial charge in [0, 0.05) is 37.6 Å². The van der Waals surface area contributed by atoms with Gasteiger partial charge in [0.2, 0.25) is 5.91 Å². The Hall–Kier alpha value is -4.21. The Balaban J connectivity index is 0.000000748. The number of thiophene rings is 1. The fourth-order valence-electron chi connectivity index (χ4n) is 5.23. The van der Waals surface area contributed by atoms with E-state index in [-0.39, 0.29) is 18.9 Å². The zero-order chi connectivity index (χ0) is 30.4. The van der Waals surface area contributed by atoms with E-state index in [9.17, 15) is 14.4 Å². The van der Waals surface area contributed by atoms with Gasteiger partial charge in [-0.25, -0.2) is 14.0 Å². The fourth-order valence-corrected chi connectivity index (χ4v) is 6.49. The highest BCUT2D eigenvalue weighted by Crippen LogP contribution is 2.32. The Morgan fingerprint density at radius 3 is 2.50 bits per heavy atom. The second-order valence-electron chi connectivity index (χ2n) is 10.5. The standard InChI is InChI=1S/C27H31N5O4S.C3H5NO/c1-18-21-22(33)32(27(2,3)25(34)29-14-7-8-15-29)26(35)30(17-12-19-10-5-6-11-20(19)36-4)24(21)37-23(18)31-16-9-13-28-31;4-2-1-3-5/h5-6,9-11,13,16H,7-8,12,14-15,17H2,1-4H3;5H,1,3H2. The summed E-state index contributed by atoms with van der Waals surface area (Å²) in [6.45, 7) is 6.79. The molecule has 1 fully saturated rings. The van der Waals surface area contributed by atoms with Crippen LogP contribution >= 0.6 is 11.3 Å². The number of nitriles is 1. The molecule has 222 valence electrons. The number of aryl methyl sites for hydroxylation is 3. The predicted molar refractivity (Wildman–Crippen MR) is 161 cm³/mol. The summed E-state index contributed by atoms with van der Waals surface area (Å²) in [6, 6.07) is 11.3. The summed E-state index contributed by atoms with van der Waals surface area (Å²) in [4.78, 5) is 43.9. The second kappa shape index (κ2) is 13.2. The maximum atomic E-state index is 14.1. The van der Waals surface area contributed by atoms with Gasteiger partial charge in [0.05, 0.1) is 31.6 Å². The van der Waals surface area contributed by atoms with Crippen molar-refractivity contribution in [2.24, 2.45) is 0 Å². The zero-order valence-corrected chi connectivity index (χ0v) is 25.2. The van der Waals surface area contributed by atoms with Crippen molar-refractivity contribution in [3.8, 4) is 16.8 Å². The van der Waals surface area contributed by atoms with Gasteiger partial charge in [-0.1, -0.05) is 29.5 Å². The SMILES string of the molecule is COc1ccccc1CCn1c(=O)n(C(C)(C)C(=O)N2CCCC2)c(=O)c2c(C)c(-n3cccn3)sc21.N#CCCO. The van der Waals surface area contributed by atoms with E-state index in [0.29, 0.717) is 36.3 Å². The van der Waals surface area contributed by atoms with Gasteiger partial charge in [0.15, 0.2) is 0 Å². The third-order valence-corrected chi connectivity index (χ3v) is 8.70. The highest BCUT2D eigenvalue weighted by atomic mass is 32.1. The number of benzene rings is 1. The van der Waals surface area contributed by atoms with Gasteiger partial charge in [-0.15, -0.1) is 0 Å². The van der Waals surface area contributed by atoms with E-state index in [1.54, 1.807) is 47.4 Å². The molecule has 11 nitrogen and oxygen atoms in total. The van der Waals surface area contributed by atoms with E-state index in [1.165, 1.54) is 11.3 Å². The number of hydrogen-bond acceptors (Lipinski definition) is 8. The predicted octanol–water partition coefficient (Wildman–Crippen LogP) is 3.22. The van der Waals surface area contributed by atoms with E-state index in [2.05, 4.69) is 5.10 Å². The summed E-state index contributed by atoms with van der Waals surface area (Å²) in [6.07, 6.45) is 6.11. The summed E-state index contributed by atoms with van der Waals surface area (Å²) in [5.41, 5.74) is -0.579. The Morgan fingerprint density at radius 1 is 1.19 bits per heavy atom. The van der Waals surface area contributed by atoms with Gasteiger partial charge < -0.3 is 14.7 Å². The van der Waals surface area contributed by atoms with Crippen molar-refractivity contribution in [3.05, 3.63) is 74.7 Å². The molecule has 0 atom stereocenters. The van der Waals surface area contributed by atoms with Crippen LogP contribution in [0.5, 0.6) is 5.75 Å². The average molecular weight is 593 g/mol. The molecule has 1 aliphatic rings. The summed E-state index contributed by atoms with van der Waals surface area (Å²) in [5, 5.41) is 21.1. The number of fused-ring (bicyclic) bond motifs is 1. The third kappa shape index (κ3) is 5.89. The zero-order valence-electron chi connectivity index (χ0n) is 24.4. The van der Waals surface area contributed by atoms with Gasteiger partial charge in [0.1, 0.15) is 21.1 Å². The molecule has 1 saturated heterocycles. The van der Waals surface area contributed by atoms with Crippen LogP contribution in [-0.4, -0.2) is 61.6 Å². The molecule has 1 N–H and O–H groups in total. The van der Waals surface area contributed by atoms with Crippen molar-refractivity contribution < 1.29 is 14.6 Å². The smallest absolute Gasteiger partial charge is 0.333 e. The molecule has 0 aliphatic carbocycles. The Bertz CT molecular complexity index is 1700. The topological polar surface area (TPSA) is 135 Å². The van der Waals surface area contributed by atoms with Crippen LogP contribution in [0.25, 0.3) is 15.2 Å². The number of para-hydroxylation sites is 1. The first kappa shape index (κ1) is 30.7. The van der Waals surface area contributed by atoms with Gasteiger partial charge in [0.25, 0.3) is 5.56 Å². The van der Waals surface area contributed by atoms with Crippen molar-refractivity contribution in [3.63, 3.8) is 0 Å². The number of amides is 1. The molecule has 0 saturated carbocycles. The summed E-state index contributed by atoms with van der Waals surface area (Å²) in [7, 11) is 1.62. The molecule has 42 heavy (non-hydrogen) atoms. The number of methoxy groups -OCH3 is 1. The lowest BCUT2D eigenvalue weighted by molar-refractivity contribution is -0.138. The van der Waals surface area contributed by atoms with Crippen LogP contribution < -0.4 is 16.0 Å².